The van der Waals surface area contributed by atoms with Crippen LogP contribution in [0.25, 0.3) is 0 Å². The van der Waals surface area contributed by atoms with Crippen LogP contribution >= 0.6 is 0 Å². The highest BCUT2D eigenvalue weighted by atomic mass is 19.1. The Kier molecular flexibility index (Phi) is 4.18. The minimum Gasteiger partial charge on any atom is -0.367 e. The molecule has 104 valence electrons. The smallest absolute Gasteiger partial charge is 0.182 e. The number of hydrogen-bond donors (Lipinski definition) is 0. The van der Waals surface area contributed by atoms with Crippen LogP contribution < -0.4 is 4.90 Å². The number of benzene rings is 2. The minimum absolute atomic E-state index is 0.0364. The van der Waals surface area contributed by atoms with Crippen molar-refractivity contribution in [3.05, 3.63) is 65.0 Å². The van der Waals surface area contributed by atoms with Crippen LogP contribution in [-0.4, -0.2) is 19.4 Å². The van der Waals surface area contributed by atoms with Crippen molar-refractivity contribution in [2.45, 2.75) is 13.8 Å². The Hall–Kier alpha value is -2.16. The molecule has 2 aromatic carbocycles. The summed E-state index contributed by atoms with van der Waals surface area (Å²) < 4.78 is 13.2. The van der Waals surface area contributed by atoms with Gasteiger partial charge in [-0.2, -0.15) is 0 Å². The zero-order valence-corrected chi connectivity index (χ0v) is 12.0. The third-order valence-corrected chi connectivity index (χ3v) is 3.31. The lowest BCUT2D eigenvalue weighted by molar-refractivity contribution is 0.1000. The molecule has 0 aliphatic rings. The van der Waals surface area contributed by atoms with Crippen molar-refractivity contribution in [2.75, 3.05) is 18.5 Å². The van der Waals surface area contributed by atoms with Crippen LogP contribution in [0, 0.1) is 19.7 Å². The van der Waals surface area contributed by atoms with Crippen LogP contribution in [-0.2, 0) is 0 Å². The summed E-state index contributed by atoms with van der Waals surface area (Å²) >= 11 is 0. The Bertz CT molecular complexity index is 637. The second-order valence-corrected chi connectivity index (χ2v) is 5.08. The number of carbonyl (C=O) groups is 1. The van der Waals surface area contributed by atoms with E-state index in [0.717, 1.165) is 16.7 Å². The number of halogens is 1. The van der Waals surface area contributed by atoms with Gasteiger partial charge < -0.3 is 4.90 Å². The zero-order chi connectivity index (χ0) is 14.7. The molecule has 0 radical (unpaired) electrons. The van der Waals surface area contributed by atoms with Crippen molar-refractivity contribution in [3.8, 4) is 0 Å². The second kappa shape index (κ2) is 5.87. The molecule has 0 amide bonds. The summed E-state index contributed by atoms with van der Waals surface area (Å²) in [7, 11) is 1.79. The normalized spacial score (nSPS) is 10.4. The van der Waals surface area contributed by atoms with Gasteiger partial charge in [-0.15, -0.1) is 0 Å². The standard InChI is InChI=1S/C17H18FNO/c1-12-7-8-16(13(2)9-12)17(20)11-19(3)15-6-4-5-14(18)10-15/h4-10H,11H2,1-3H3. The predicted octanol–water partition coefficient (Wildman–Crippen LogP) is 3.76. The largest absolute Gasteiger partial charge is 0.367 e. The fourth-order valence-corrected chi connectivity index (χ4v) is 2.23. The maximum absolute atomic E-state index is 13.2. The average Bonchev–Trinajstić information content (AvgIpc) is 2.38. The molecule has 0 bridgehead atoms. The van der Waals surface area contributed by atoms with E-state index in [1.807, 2.05) is 32.0 Å². The van der Waals surface area contributed by atoms with E-state index in [4.69, 9.17) is 0 Å². The number of hydrogen-bond acceptors (Lipinski definition) is 2. The second-order valence-electron chi connectivity index (χ2n) is 5.08. The van der Waals surface area contributed by atoms with Gasteiger partial charge in [0.1, 0.15) is 5.82 Å². The van der Waals surface area contributed by atoms with Crippen molar-refractivity contribution < 1.29 is 9.18 Å². The van der Waals surface area contributed by atoms with E-state index in [9.17, 15) is 9.18 Å². The van der Waals surface area contributed by atoms with E-state index >= 15 is 0 Å². The first-order chi connectivity index (χ1) is 9.47. The molecule has 0 fully saturated rings. The molecule has 0 aromatic heterocycles. The van der Waals surface area contributed by atoms with E-state index in [1.165, 1.54) is 12.1 Å². The third-order valence-electron chi connectivity index (χ3n) is 3.31. The Morgan fingerprint density at radius 1 is 1.15 bits per heavy atom. The first kappa shape index (κ1) is 14.3. The van der Waals surface area contributed by atoms with Gasteiger partial charge >= 0.3 is 0 Å². The quantitative estimate of drug-likeness (QED) is 0.789. The number of Topliss-reactive ketones (excluding diaryl/α,β-unsaturated/α-hetero) is 1. The highest BCUT2D eigenvalue weighted by Crippen LogP contribution is 2.16. The number of carbonyl (C=O) groups excluding carboxylic acids is 1. The van der Waals surface area contributed by atoms with Crippen LogP contribution in [0.15, 0.2) is 42.5 Å². The number of rotatable bonds is 4. The van der Waals surface area contributed by atoms with Crippen LogP contribution in [0.1, 0.15) is 21.5 Å². The molecular formula is C17H18FNO. The molecule has 0 spiro atoms. The highest BCUT2D eigenvalue weighted by Gasteiger charge is 2.12. The molecule has 0 N–H and O–H groups in total. The number of ketones is 1. The van der Waals surface area contributed by atoms with Crippen LogP contribution in [0.4, 0.5) is 10.1 Å². The van der Waals surface area contributed by atoms with Crippen LogP contribution in [0.2, 0.25) is 0 Å². The summed E-state index contributed by atoms with van der Waals surface area (Å²) in [6, 6.07) is 12.0. The van der Waals surface area contributed by atoms with Crippen molar-refractivity contribution in [2.24, 2.45) is 0 Å². The molecule has 0 aliphatic heterocycles. The fourth-order valence-electron chi connectivity index (χ4n) is 2.23. The molecule has 2 aromatic rings. The van der Waals surface area contributed by atoms with Gasteiger partial charge in [0.15, 0.2) is 5.78 Å². The summed E-state index contributed by atoms with van der Waals surface area (Å²) in [5.74, 6) is -0.262. The molecule has 0 unspecified atom stereocenters. The maximum atomic E-state index is 13.2. The Morgan fingerprint density at radius 2 is 1.90 bits per heavy atom. The van der Waals surface area contributed by atoms with E-state index < -0.39 is 0 Å². The lowest BCUT2D eigenvalue weighted by Crippen LogP contribution is -2.26. The summed E-state index contributed by atoms with van der Waals surface area (Å²) in [5.41, 5.74) is 3.53. The van der Waals surface area contributed by atoms with Gasteiger partial charge in [0, 0.05) is 18.3 Å². The van der Waals surface area contributed by atoms with E-state index in [0.29, 0.717) is 5.69 Å². The molecule has 0 saturated heterocycles. The molecule has 2 rings (SSSR count). The Labute approximate surface area is 118 Å². The Balaban J connectivity index is 2.15. The number of aryl methyl sites for hydroxylation is 2. The van der Waals surface area contributed by atoms with E-state index in [-0.39, 0.29) is 18.1 Å². The summed E-state index contributed by atoms with van der Waals surface area (Å²) in [5, 5.41) is 0. The van der Waals surface area contributed by atoms with Crippen molar-refractivity contribution in [1.29, 1.82) is 0 Å². The van der Waals surface area contributed by atoms with Crippen molar-refractivity contribution in [3.63, 3.8) is 0 Å². The average molecular weight is 271 g/mol. The number of nitrogens with zero attached hydrogens (tertiary/aromatic N) is 1. The van der Waals surface area contributed by atoms with E-state index in [2.05, 4.69) is 0 Å². The minimum atomic E-state index is -0.298. The Morgan fingerprint density at radius 3 is 2.55 bits per heavy atom. The van der Waals surface area contributed by atoms with Crippen LogP contribution in [0.5, 0.6) is 0 Å². The SMILES string of the molecule is Cc1ccc(C(=O)CN(C)c2cccc(F)c2)c(C)c1. The van der Waals surface area contributed by atoms with Gasteiger partial charge in [0.05, 0.1) is 6.54 Å². The summed E-state index contributed by atoms with van der Waals surface area (Å²) in [6.45, 7) is 4.16. The molecule has 0 heterocycles. The van der Waals surface area contributed by atoms with Crippen LogP contribution in [0.3, 0.4) is 0 Å². The molecule has 0 saturated carbocycles. The van der Waals surface area contributed by atoms with E-state index in [1.54, 1.807) is 24.1 Å². The fraction of sp³-hybridized carbons (Fsp3) is 0.235. The van der Waals surface area contributed by atoms with Crippen molar-refractivity contribution in [1.82, 2.24) is 0 Å². The molecular weight excluding hydrogens is 253 g/mol. The van der Waals surface area contributed by atoms with Gasteiger partial charge in [-0.25, -0.2) is 4.39 Å². The van der Waals surface area contributed by atoms with Gasteiger partial charge in [0.25, 0.3) is 0 Å². The molecule has 2 nitrogen and oxygen atoms in total. The van der Waals surface area contributed by atoms with Gasteiger partial charge in [-0.3, -0.25) is 4.79 Å². The number of anilines is 1. The summed E-state index contributed by atoms with van der Waals surface area (Å²) in [6.07, 6.45) is 0. The predicted molar refractivity (Wildman–Crippen MR) is 79.9 cm³/mol. The molecule has 20 heavy (non-hydrogen) atoms. The number of likely N-dealkylation sites (N-methyl/N-ethyl adjacent to an activating group) is 1. The third kappa shape index (κ3) is 3.23. The zero-order valence-electron chi connectivity index (χ0n) is 12.0. The first-order valence-corrected chi connectivity index (χ1v) is 6.54. The van der Waals surface area contributed by atoms with Crippen molar-refractivity contribution >= 4 is 11.5 Å². The summed E-state index contributed by atoms with van der Waals surface area (Å²) in [4.78, 5) is 14.1. The van der Waals surface area contributed by atoms with Gasteiger partial charge in [0.2, 0.25) is 0 Å². The lowest BCUT2D eigenvalue weighted by Gasteiger charge is -2.19. The first-order valence-electron chi connectivity index (χ1n) is 6.54. The lowest BCUT2D eigenvalue weighted by atomic mass is 10.0. The van der Waals surface area contributed by atoms with Gasteiger partial charge in [-0.1, -0.05) is 29.8 Å². The molecule has 0 aliphatic carbocycles. The molecule has 3 heteroatoms. The molecule has 0 atom stereocenters. The maximum Gasteiger partial charge on any atom is 0.182 e. The highest BCUT2D eigenvalue weighted by molar-refractivity contribution is 6.00. The topological polar surface area (TPSA) is 20.3 Å². The monoisotopic (exact) mass is 271 g/mol. The van der Waals surface area contributed by atoms with Gasteiger partial charge in [-0.05, 0) is 37.6 Å².